The molecule has 0 aliphatic carbocycles. The Balaban J connectivity index is 3.57. The first-order valence-electron chi connectivity index (χ1n) is 4.81. The van der Waals surface area contributed by atoms with Crippen LogP contribution in [-0.2, 0) is 19.1 Å². The second-order valence-electron chi connectivity index (χ2n) is 3.03. The molecule has 88 valence electrons. The Bertz CT molecular complexity index is 208. The van der Waals surface area contributed by atoms with Gasteiger partial charge in [-0.3, -0.25) is 9.59 Å². The van der Waals surface area contributed by atoms with Crippen molar-refractivity contribution in [2.24, 2.45) is 11.5 Å². The quantitative estimate of drug-likeness (QED) is 0.426. The predicted molar refractivity (Wildman–Crippen MR) is 53.9 cm³/mol. The van der Waals surface area contributed by atoms with Gasteiger partial charge < -0.3 is 20.9 Å². The molecule has 0 fully saturated rings. The van der Waals surface area contributed by atoms with E-state index < -0.39 is 12.0 Å². The summed E-state index contributed by atoms with van der Waals surface area (Å²) in [6.07, 6.45) is 0.976. The number of carbonyl (C=O) groups excluding carboxylic acids is 2. The lowest BCUT2D eigenvalue weighted by Gasteiger charge is -2.08. The lowest BCUT2D eigenvalue weighted by molar-refractivity contribution is -0.145. The molecule has 6 heteroatoms. The van der Waals surface area contributed by atoms with Crippen molar-refractivity contribution in [2.45, 2.75) is 25.3 Å². The molecule has 0 saturated carbocycles. The fraction of sp³-hybridized carbons (Fsp3) is 0.778. The summed E-state index contributed by atoms with van der Waals surface area (Å²) in [4.78, 5) is 21.9. The largest absolute Gasteiger partial charge is 0.468 e. The highest BCUT2D eigenvalue weighted by atomic mass is 16.5. The Morgan fingerprint density at radius 3 is 2.60 bits per heavy atom. The van der Waals surface area contributed by atoms with Crippen LogP contribution in [0.5, 0.6) is 0 Å². The van der Waals surface area contributed by atoms with Crippen molar-refractivity contribution in [3.63, 3.8) is 0 Å². The lowest BCUT2D eigenvalue weighted by atomic mass is 10.2. The van der Waals surface area contributed by atoms with Gasteiger partial charge in [0.05, 0.1) is 13.7 Å². The molecule has 0 aliphatic heterocycles. The summed E-state index contributed by atoms with van der Waals surface area (Å²) < 4.78 is 9.23. The minimum atomic E-state index is -0.767. The van der Waals surface area contributed by atoms with Gasteiger partial charge in [-0.25, -0.2) is 0 Å². The summed E-state index contributed by atoms with van der Waals surface area (Å²) in [6.45, 7) is 0.789. The van der Waals surface area contributed by atoms with Gasteiger partial charge in [0.1, 0.15) is 6.04 Å². The third-order valence-electron chi connectivity index (χ3n) is 1.77. The number of carbonyl (C=O) groups is 2. The van der Waals surface area contributed by atoms with Crippen molar-refractivity contribution < 1.29 is 19.1 Å². The van der Waals surface area contributed by atoms with Crippen LogP contribution in [0.25, 0.3) is 0 Å². The fourth-order valence-corrected chi connectivity index (χ4v) is 0.884. The van der Waals surface area contributed by atoms with Gasteiger partial charge in [-0.05, 0) is 19.4 Å². The van der Waals surface area contributed by atoms with Crippen LogP contribution in [-0.4, -0.2) is 38.2 Å². The van der Waals surface area contributed by atoms with Crippen LogP contribution in [0, 0.1) is 0 Å². The third kappa shape index (κ3) is 6.87. The summed E-state index contributed by atoms with van der Waals surface area (Å²) >= 11 is 0. The SMILES string of the molecule is COC(=O)[C@@H](N)CCC(=O)OCCCN. The van der Waals surface area contributed by atoms with Crippen LogP contribution in [0.1, 0.15) is 19.3 Å². The second-order valence-corrected chi connectivity index (χ2v) is 3.03. The monoisotopic (exact) mass is 218 g/mol. The minimum Gasteiger partial charge on any atom is -0.468 e. The molecule has 4 N–H and O–H groups in total. The number of hydrogen-bond donors (Lipinski definition) is 2. The van der Waals surface area contributed by atoms with Crippen LogP contribution in [0.4, 0.5) is 0 Å². The normalized spacial score (nSPS) is 11.9. The zero-order valence-electron chi connectivity index (χ0n) is 8.90. The molecule has 0 unspecified atom stereocenters. The molecule has 0 heterocycles. The van der Waals surface area contributed by atoms with Crippen molar-refractivity contribution >= 4 is 11.9 Å². The zero-order chi connectivity index (χ0) is 11.7. The fourth-order valence-electron chi connectivity index (χ4n) is 0.884. The zero-order valence-corrected chi connectivity index (χ0v) is 8.90. The average molecular weight is 218 g/mol. The van der Waals surface area contributed by atoms with Gasteiger partial charge in [0.25, 0.3) is 0 Å². The van der Waals surface area contributed by atoms with Crippen molar-refractivity contribution in [3.8, 4) is 0 Å². The molecule has 0 amide bonds. The summed E-state index contributed by atoms with van der Waals surface area (Å²) in [6, 6.07) is -0.767. The number of rotatable bonds is 7. The van der Waals surface area contributed by atoms with E-state index in [1.165, 1.54) is 7.11 Å². The van der Waals surface area contributed by atoms with E-state index in [4.69, 9.17) is 16.2 Å². The number of nitrogens with two attached hydrogens (primary N) is 2. The second kappa shape index (κ2) is 8.19. The molecule has 15 heavy (non-hydrogen) atoms. The van der Waals surface area contributed by atoms with Crippen molar-refractivity contribution in [1.29, 1.82) is 0 Å². The predicted octanol–water partition coefficient (Wildman–Crippen LogP) is -0.841. The maximum Gasteiger partial charge on any atom is 0.322 e. The van der Waals surface area contributed by atoms with Crippen LogP contribution >= 0.6 is 0 Å². The highest BCUT2D eigenvalue weighted by molar-refractivity contribution is 5.76. The standard InChI is InChI=1S/C9H18N2O4/c1-14-9(13)7(11)3-4-8(12)15-6-2-5-10/h7H,2-6,10-11H2,1H3/t7-/m0/s1. The van der Waals surface area contributed by atoms with Crippen LogP contribution in [0.3, 0.4) is 0 Å². The van der Waals surface area contributed by atoms with Gasteiger partial charge in [-0.1, -0.05) is 0 Å². The van der Waals surface area contributed by atoms with Crippen molar-refractivity contribution in [2.75, 3.05) is 20.3 Å². The number of esters is 2. The Morgan fingerprint density at radius 1 is 1.40 bits per heavy atom. The minimum absolute atomic E-state index is 0.112. The van der Waals surface area contributed by atoms with E-state index in [9.17, 15) is 9.59 Å². The lowest BCUT2D eigenvalue weighted by Crippen LogP contribution is -2.32. The molecule has 0 saturated heterocycles. The molecule has 0 bridgehead atoms. The molecular formula is C9H18N2O4. The van der Waals surface area contributed by atoms with Gasteiger partial charge in [-0.2, -0.15) is 0 Å². The molecule has 6 nitrogen and oxygen atoms in total. The van der Waals surface area contributed by atoms with Crippen LogP contribution in [0.2, 0.25) is 0 Å². The van der Waals surface area contributed by atoms with E-state index in [-0.39, 0.29) is 18.8 Å². The number of ether oxygens (including phenoxy) is 2. The summed E-state index contributed by atoms with van der Waals surface area (Å²) in [7, 11) is 1.25. The van der Waals surface area contributed by atoms with E-state index in [2.05, 4.69) is 4.74 Å². The molecule has 0 radical (unpaired) electrons. The topological polar surface area (TPSA) is 105 Å². The van der Waals surface area contributed by atoms with Gasteiger partial charge in [0.15, 0.2) is 0 Å². The maximum atomic E-state index is 11.1. The van der Waals surface area contributed by atoms with Gasteiger partial charge >= 0.3 is 11.9 Å². The average Bonchev–Trinajstić information content (AvgIpc) is 2.25. The Hall–Kier alpha value is -1.14. The highest BCUT2D eigenvalue weighted by Gasteiger charge is 2.15. The Morgan fingerprint density at radius 2 is 2.07 bits per heavy atom. The first-order chi connectivity index (χ1) is 7.11. The molecule has 0 aliphatic rings. The van der Waals surface area contributed by atoms with Crippen LogP contribution < -0.4 is 11.5 Å². The van der Waals surface area contributed by atoms with Crippen LogP contribution in [0.15, 0.2) is 0 Å². The number of methoxy groups -OCH3 is 1. The summed E-state index contributed by atoms with van der Waals surface area (Å²) in [5, 5.41) is 0. The van der Waals surface area contributed by atoms with Gasteiger partial charge in [0, 0.05) is 6.42 Å². The number of hydrogen-bond acceptors (Lipinski definition) is 6. The first-order valence-corrected chi connectivity index (χ1v) is 4.81. The van der Waals surface area contributed by atoms with Gasteiger partial charge in [0.2, 0.25) is 0 Å². The molecule has 0 aromatic heterocycles. The molecule has 0 rings (SSSR count). The first kappa shape index (κ1) is 13.9. The smallest absolute Gasteiger partial charge is 0.322 e. The summed E-state index contributed by atoms with van der Waals surface area (Å²) in [5.74, 6) is -0.896. The molecule has 0 aromatic rings. The van der Waals surface area contributed by atoms with Gasteiger partial charge in [-0.15, -0.1) is 0 Å². The molecule has 0 aromatic carbocycles. The molecule has 0 spiro atoms. The highest BCUT2D eigenvalue weighted by Crippen LogP contribution is 1.99. The van der Waals surface area contributed by atoms with E-state index >= 15 is 0 Å². The Labute approximate surface area is 88.9 Å². The van der Waals surface area contributed by atoms with E-state index in [1.807, 2.05) is 0 Å². The Kier molecular flexibility index (Phi) is 7.57. The maximum absolute atomic E-state index is 11.1. The van der Waals surface area contributed by atoms with E-state index in [1.54, 1.807) is 0 Å². The molecular weight excluding hydrogens is 200 g/mol. The molecule has 1 atom stereocenters. The van der Waals surface area contributed by atoms with E-state index in [0.717, 1.165) is 0 Å². The van der Waals surface area contributed by atoms with E-state index in [0.29, 0.717) is 19.6 Å². The van der Waals surface area contributed by atoms with Crippen molar-refractivity contribution in [3.05, 3.63) is 0 Å². The van der Waals surface area contributed by atoms with Crippen molar-refractivity contribution in [1.82, 2.24) is 0 Å². The third-order valence-corrected chi connectivity index (χ3v) is 1.77. The summed E-state index contributed by atoms with van der Waals surface area (Å²) in [5.41, 5.74) is 10.7.